The Kier molecular flexibility index (Phi) is 33.0. The van der Waals surface area contributed by atoms with Gasteiger partial charge in [-0.25, -0.2) is 0 Å². The second-order valence-electron chi connectivity index (χ2n) is 9.72. The third-order valence-corrected chi connectivity index (χ3v) is 36.1. The van der Waals surface area contributed by atoms with Gasteiger partial charge in [-0.3, -0.25) is 0 Å². The van der Waals surface area contributed by atoms with E-state index in [0.717, 1.165) is 33.2 Å². The van der Waals surface area contributed by atoms with Crippen molar-refractivity contribution in [1.29, 1.82) is 0 Å². The zero-order valence-corrected chi connectivity index (χ0v) is 44.7. The van der Waals surface area contributed by atoms with Crippen molar-refractivity contribution in [3.63, 3.8) is 0 Å². The quantitative estimate of drug-likeness (QED) is 0.256. The molecule has 0 aliphatic heterocycles. The lowest BCUT2D eigenvalue weighted by Gasteiger charge is -2.17. The van der Waals surface area contributed by atoms with E-state index in [0.29, 0.717) is 0 Å². The fourth-order valence-corrected chi connectivity index (χ4v) is 35.0. The molecule has 272 valence electrons. The fraction of sp³-hybridized carbons (Fsp3) is 0.333. The lowest BCUT2D eigenvalue weighted by atomic mass is 9.53. The summed E-state index contributed by atoms with van der Waals surface area (Å²) in [7, 11) is 23.6. The van der Waals surface area contributed by atoms with Gasteiger partial charge in [-0.15, -0.1) is 0 Å². The van der Waals surface area contributed by atoms with E-state index in [-0.39, 0.29) is 0 Å². The minimum Gasteiger partial charge on any atom is -0.322 e. The van der Waals surface area contributed by atoms with E-state index in [1.165, 1.54) is 67.8 Å². The van der Waals surface area contributed by atoms with Gasteiger partial charge in [0.05, 0.1) is 0 Å². The second kappa shape index (κ2) is 31.5. The van der Waals surface area contributed by atoms with Crippen molar-refractivity contribution >= 4 is 212 Å². The Labute approximate surface area is 363 Å². The van der Waals surface area contributed by atoms with Crippen LogP contribution >= 0.6 is 15.9 Å². The number of rotatable bonds is 2. The number of hydrogen-bond acceptors (Lipinski definition) is 4. The SMILES string of the molecule is Cc1cc(C)c(B(F)c2c(C)cc(C)cc2C)c(C)c1.Cc1cc(C)c(Br)c(C)c1.S=S=S=S=S=S=S=S=S.S=S=S=S=S=S=S=S=S=S. The zero-order valence-electron chi connectivity index (χ0n) is 27.6. The Balaban J connectivity index is 0.000000677. The van der Waals surface area contributed by atoms with Crippen LogP contribution in [0.3, 0.4) is 0 Å². The van der Waals surface area contributed by atoms with Crippen LogP contribution in [0, 0.1) is 62.3 Å². The number of benzene rings is 3. The van der Waals surface area contributed by atoms with Crippen LogP contribution in [0.1, 0.15) is 50.1 Å². The maximum absolute atomic E-state index is 15.2. The highest BCUT2D eigenvalue weighted by Gasteiger charge is 2.27. The van der Waals surface area contributed by atoms with Crippen molar-refractivity contribution < 1.29 is 4.32 Å². The van der Waals surface area contributed by atoms with Crippen molar-refractivity contribution in [3.05, 3.63) is 90.9 Å². The molecule has 0 aliphatic rings. The van der Waals surface area contributed by atoms with E-state index >= 15 is 4.32 Å². The molecule has 0 atom stereocenters. The molecule has 0 radical (unpaired) electrons. The summed E-state index contributed by atoms with van der Waals surface area (Å²) in [5.41, 5.74) is 12.1. The molecule has 3 aromatic rings. The smallest absolute Gasteiger partial charge is 0.322 e. The van der Waals surface area contributed by atoms with Gasteiger partial charge in [0.25, 0.3) is 0 Å². The molecule has 0 fully saturated rings. The van der Waals surface area contributed by atoms with E-state index in [4.69, 9.17) is 0 Å². The van der Waals surface area contributed by atoms with Crippen LogP contribution in [0.4, 0.5) is 4.32 Å². The van der Waals surface area contributed by atoms with Gasteiger partial charge < -0.3 is 4.32 Å². The summed E-state index contributed by atoms with van der Waals surface area (Å²) in [5, 5.41) is 0. The van der Waals surface area contributed by atoms with Gasteiger partial charge in [0, 0.05) is 182 Å². The molecule has 0 nitrogen and oxygen atoms in total. The second-order valence-corrected chi connectivity index (χ2v) is 37.0. The number of aryl methyl sites for hydroxylation is 9. The van der Waals surface area contributed by atoms with E-state index < -0.39 is 6.99 Å². The third-order valence-electron chi connectivity index (χ3n) is 5.92. The fourth-order valence-electron chi connectivity index (χ4n) is 4.61. The molecule has 22 heteroatoms. The molecular formula is C27H33BBrFS19. The minimum absolute atomic E-state index is 0.825. The van der Waals surface area contributed by atoms with Crippen LogP contribution in [0.2, 0.25) is 0 Å². The highest BCUT2D eigenvalue weighted by molar-refractivity contribution is 9.10. The minimum atomic E-state index is -1.05. The molecule has 49 heavy (non-hydrogen) atoms. The molecule has 0 aromatic heterocycles. The molecule has 0 aliphatic carbocycles. The van der Waals surface area contributed by atoms with E-state index in [1.807, 2.05) is 27.7 Å². The highest BCUT2D eigenvalue weighted by Crippen LogP contribution is 2.21. The first-order valence-corrected chi connectivity index (χ1v) is 36.7. The van der Waals surface area contributed by atoms with Gasteiger partial charge >= 0.3 is 6.99 Å². The zero-order chi connectivity index (χ0) is 37.4. The summed E-state index contributed by atoms with van der Waals surface area (Å²) in [5.74, 6) is 0. The van der Waals surface area contributed by atoms with Crippen LogP contribution < -0.4 is 10.9 Å². The first-order valence-electron chi connectivity index (χ1n) is 13.3. The molecule has 3 aromatic carbocycles. The Morgan fingerprint density at radius 3 is 0.837 bits per heavy atom. The highest BCUT2D eigenvalue weighted by atomic mass is 79.9. The summed E-state index contributed by atoms with van der Waals surface area (Å²) in [6.45, 7) is 17.4. The lowest BCUT2D eigenvalue weighted by Crippen LogP contribution is -2.44. The largest absolute Gasteiger partial charge is 0.414 e. The van der Waals surface area contributed by atoms with Gasteiger partial charge in [-0.2, -0.15) is 0 Å². The van der Waals surface area contributed by atoms with Crippen molar-refractivity contribution in [1.82, 2.24) is 0 Å². The van der Waals surface area contributed by atoms with Gasteiger partial charge in [0.1, 0.15) is 0 Å². The lowest BCUT2D eigenvalue weighted by molar-refractivity contribution is 0.862. The molecule has 0 bridgehead atoms. The van der Waals surface area contributed by atoms with Gasteiger partial charge in [-0.1, -0.05) is 91.3 Å². The molecule has 0 amide bonds. The van der Waals surface area contributed by atoms with Crippen molar-refractivity contribution in [2.45, 2.75) is 62.3 Å². The normalized spacial score (nSPS) is 9.04. The summed E-state index contributed by atoms with van der Waals surface area (Å²) >= 11 is 22.1. The molecule has 3 rings (SSSR count). The van der Waals surface area contributed by atoms with E-state index in [1.54, 1.807) is 97.7 Å². The van der Waals surface area contributed by atoms with Crippen LogP contribution in [0.15, 0.2) is 40.9 Å². The first-order chi connectivity index (χ1) is 23.2. The average molecular weight is 1080 g/mol. The van der Waals surface area contributed by atoms with Crippen molar-refractivity contribution in [3.8, 4) is 0 Å². The maximum atomic E-state index is 15.2. The van der Waals surface area contributed by atoms with Crippen LogP contribution in [-0.2, 0) is 178 Å². The Morgan fingerprint density at radius 1 is 0.408 bits per heavy atom. The maximum Gasteiger partial charge on any atom is 0.414 e. The predicted molar refractivity (Wildman–Crippen MR) is 276 cm³/mol. The van der Waals surface area contributed by atoms with Crippen LogP contribution in [0.25, 0.3) is 0 Å². The van der Waals surface area contributed by atoms with Gasteiger partial charge in [0.2, 0.25) is 0 Å². The van der Waals surface area contributed by atoms with Crippen molar-refractivity contribution in [2.75, 3.05) is 0 Å². The summed E-state index contributed by atoms with van der Waals surface area (Å²) < 4.78 is 16.4. The number of halogens is 2. The Hall–Kier alpha value is 2.31. The standard InChI is InChI=1S/C18H22BF.C9H11Br.S10.S9/c1-11-7-13(3)17(14(4)8-11)19(20)18-15(5)9-12(2)10-16(18)6;1-6-4-7(2)9(10)8(3)5-6;1-3-5-7-9-10-8-6-4-2;1-3-5-7-9-8-6-4-2/h7-10H,1-6H3;4-5H,1-3H3;;. The van der Waals surface area contributed by atoms with Crippen LogP contribution in [0.5, 0.6) is 0 Å². The summed E-state index contributed by atoms with van der Waals surface area (Å²) in [6.07, 6.45) is 0. The molecular weight excluding hydrogens is 1040 g/mol. The first kappa shape index (κ1) is 51.3. The molecule has 0 spiro atoms. The topological polar surface area (TPSA) is 0 Å². The number of hydrogen-bond donors (Lipinski definition) is 0. The van der Waals surface area contributed by atoms with E-state index in [2.05, 4.69) is 132 Å². The van der Waals surface area contributed by atoms with Gasteiger partial charge in [0.15, 0.2) is 0 Å². The molecule has 0 saturated carbocycles. The third kappa shape index (κ3) is 23.1. The average Bonchev–Trinajstić information content (AvgIpc) is 3.01. The Bertz CT molecular complexity index is 2090. The monoisotopic (exact) mass is 1070 g/mol. The summed E-state index contributed by atoms with van der Waals surface area (Å²) in [6, 6.07) is 12.6. The predicted octanol–water partition coefficient (Wildman–Crippen LogP) is 6.94. The molecule has 0 saturated heterocycles. The summed E-state index contributed by atoms with van der Waals surface area (Å²) in [4.78, 5) is 0. The Morgan fingerprint density at radius 2 is 0.612 bits per heavy atom. The molecule has 0 heterocycles. The van der Waals surface area contributed by atoms with Crippen molar-refractivity contribution in [2.24, 2.45) is 0 Å². The van der Waals surface area contributed by atoms with Gasteiger partial charge in [-0.05, 0) is 84.4 Å². The molecule has 0 N–H and O–H groups in total. The van der Waals surface area contributed by atoms with Crippen LogP contribution in [-0.4, -0.2) is 6.99 Å². The molecule has 0 unspecified atom stereocenters. The van der Waals surface area contributed by atoms with E-state index in [9.17, 15) is 0 Å².